The lowest BCUT2D eigenvalue weighted by Crippen LogP contribution is -2.09. The summed E-state index contributed by atoms with van der Waals surface area (Å²) in [5.41, 5.74) is 7.82. The van der Waals surface area contributed by atoms with E-state index >= 15 is 0 Å². The molecule has 2 N–H and O–H groups in total. The van der Waals surface area contributed by atoms with Crippen molar-refractivity contribution in [3.8, 4) is 5.69 Å². The van der Waals surface area contributed by atoms with Crippen molar-refractivity contribution in [2.75, 3.05) is 12.3 Å². The highest BCUT2D eigenvalue weighted by molar-refractivity contribution is 6.31. The lowest BCUT2D eigenvalue weighted by molar-refractivity contribution is 0.0527. The van der Waals surface area contributed by atoms with Crippen LogP contribution in [-0.4, -0.2) is 22.4 Å². The average Bonchev–Trinajstić information content (AvgIpc) is 2.75. The molecule has 100 valence electrons. The maximum atomic E-state index is 11.6. The van der Waals surface area contributed by atoms with E-state index in [9.17, 15) is 4.79 Å². The molecule has 0 fully saturated rings. The fraction of sp³-hybridized carbons (Fsp3) is 0.231. The van der Waals surface area contributed by atoms with Gasteiger partial charge < -0.3 is 10.5 Å². The number of hydrogen-bond donors (Lipinski definition) is 1. The van der Waals surface area contributed by atoms with Crippen LogP contribution in [0.15, 0.2) is 24.4 Å². The van der Waals surface area contributed by atoms with Gasteiger partial charge in [-0.3, -0.25) is 0 Å². The van der Waals surface area contributed by atoms with E-state index in [0.717, 1.165) is 5.56 Å². The van der Waals surface area contributed by atoms with Crippen molar-refractivity contribution >= 4 is 23.4 Å². The number of ether oxygens (including phenoxy) is 1. The molecular formula is C13H14ClN3O2. The highest BCUT2D eigenvalue weighted by Gasteiger charge is 2.17. The quantitative estimate of drug-likeness (QED) is 0.877. The van der Waals surface area contributed by atoms with Crippen LogP contribution in [0.25, 0.3) is 5.69 Å². The van der Waals surface area contributed by atoms with Crippen LogP contribution < -0.4 is 5.73 Å². The van der Waals surface area contributed by atoms with Gasteiger partial charge in [0.1, 0.15) is 11.4 Å². The van der Waals surface area contributed by atoms with E-state index in [-0.39, 0.29) is 11.4 Å². The van der Waals surface area contributed by atoms with Gasteiger partial charge in [-0.2, -0.15) is 5.10 Å². The number of aromatic nitrogens is 2. The highest BCUT2D eigenvalue weighted by atomic mass is 35.5. The SMILES string of the molecule is CCOC(=O)c1cnn(-c2ccc(C)c(Cl)c2)c1N. The van der Waals surface area contributed by atoms with Crippen LogP contribution in [0.2, 0.25) is 5.02 Å². The number of anilines is 1. The Morgan fingerprint density at radius 3 is 2.89 bits per heavy atom. The van der Waals surface area contributed by atoms with Crippen molar-refractivity contribution < 1.29 is 9.53 Å². The molecule has 0 amide bonds. The molecule has 0 bridgehead atoms. The molecule has 0 radical (unpaired) electrons. The number of carbonyl (C=O) groups excluding carboxylic acids is 1. The molecule has 1 heterocycles. The standard InChI is InChI=1S/C13H14ClN3O2/c1-3-19-13(18)10-7-16-17(12(10)15)9-5-4-8(2)11(14)6-9/h4-7H,3,15H2,1-2H3. The third-order valence-corrected chi connectivity index (χ3v) is 3.11. The summed E-state index contributed by atoms with van der Waals surface area (Å²) >= 11 is 6.06. The van der Waals surface area contributed by atoms with Crippen molar-refractivity contribution in [3.63, 3.8) is 0 Å². The first-order chi connectivity index (χ1) is 9.04. The van der Waals surface area contributed by atoms with Crippen LogP contribution in [0.1, 0.15) is 22.8 Å². The van der Waals surface area contributed by atoms with E-state index in [4.69, 9.17) is 22.1 Å². The minimum absolute atomic E-state index is 0.235. The van der Waals surface area contributed by atoms with Gasteiger partial charge >= 0.3 is 5.97 Å². The van der Waals surface area contributed by atoms with E-state index in [0.29, 0.717) is 17.3 Å². The summed E-state index contributed by atoms with van der Waals surface area (Å²) in [5.74, 6) is -0.247. The second-order valence-electron chi connectivity index (χ2n) is 4.01. The van der Waals surface area contributed by atoms with Crippen LogP contribution in [0.4, 0.5) is 5.82 Å². The molecule has 2 aromatic rings. The van der Waals surface area contributed by atoms with Crippen molar-refractivity contribution in [1.82, 2.24) is 9.78 Å². The zero-order valence-corrected chi connectivity index (χ0v) is 11.4. The van der Waals surface area contributed by atoms with E-state index in [1.54, 1.807) is 13.0 Å². The first kappa shape index (κ1) is 13.4. The van der Waals surface area contributed by atoms with Crippen LogP contribution in [0.3, 0.4) is 0 Å². The first-order valence-corrected chi connectivity index (χ1v) is 6.19. The average molecular weight is 280 g/mol. The summed E-state index contributed by atoms with van der Waals surface area (Å²) in [6, 6.07) is 5.44. The van der Waals surface area contributed by atoms with E-state index in [1.807, 2.05) is 19.1 Å². The number of carbonyl (C=O) groups is 1. The van der Waals surface area contributed by atoms with Crippen LogP contribution in [0.5, 0.6) is 0 Å². The third kappa shape index (κ3) is 2.56. The second kappa shape index (κ2) is 5.32. The zero-order chi connectivity index (χ0) is 14.0. The van der Waals surface area contributed by atoms with Gasteiger partial charge in [0.2, 0.25) is 0 Å². The van der Waals surface area contributed by atoms with Gasteiger partial charge in [0.05, 0.1) is 18.5 Å². The Hall–Kier alpha value is -2.01. The predicted octanol–water partition coefficient (Wildman–Crippen LogP) is 2.59. The fourth-order valence-corrected chi connectivity index (χ4v) is 1.82. The molecule has 5 nitrogen and oxygen atoms in total. The third-order valence-electron chi connectivity index (χ3n) is 2.70. The summed E-state index contributed by atoms with van der Waals surface area (Å²) < 4.78 is 6.36. The van der Waals surface area contributed by atoms with Crippen molar-refractivity contribution in [2.45, 2.75) is 13.8 Å². The molecular weight excluding hydrogens is 266 g/mol. The van der Waals surface area contributed by atoms with Gasteiger partial charge in [0.15, 0.2) is 0 Å². The first-order valence-electron chi connectivity index (χ1n) is 5.81. The Kier molecular flexibility index (Phi) is 3.76. The number of hydrogen-bond acceptors (Lipinski definition) is 4. The van der Waals surface area contributed by atoms with E-state index in [1.165, 1.54) is 10.9 Å². The lowest BCUT2D eigenvalue weighted by atomic mass is 10.2. The molecule has 0 aliphatic carbocycles. The molecule has 0 atom stereocenters. The van der Waals surface area contributed by atoms with Crippen LogP contribution in [-0.2, 0) is 4.74 Å². The molecule has 0 unspecified atom stereocenters. The molecule has 6 heteroatoms. The predicted molar refractivity (Wildman–Crippen MR) is 73.7 cm³/mol. The number of aryl methyl sites for hydroxylation is 1. The number of esters is 1. The Labute approximate surface area is 115 Å². The van der Waals surface area contributed by atoms with E-state index in [2.05, 4.69) is 5.10 Å². The summed E-state index contributed by atoms with van der Waals surface area (Å²) in [7, 11) is 0. The Balaban J connectivity index is 2.41. The molecule has 1 aromatic carbocycles. The van der Waals surface area contributed by atoms with Gasteiger partial charge in [0.25, 0.3) is 0 Å². The fourth-order valence-electron chi connectivity index (χ4n) is 1.64. The van der Waals surface area contributed by atoms with Gasteiger partial charge in [-0.15, -0.1) is 0 Å². The molecule has 1 aromatic heterocycles. The summed E-state index contributed by atoms with van der Waals surface area (Å²) in [5, 5.41) is 4.71. The summed E-state index contributed by atoms with van der Waals surface area (Å²) in [6.07, 6.45) is 1.39. The van der Waals surface area contributed by atoms with Gasteiger partial charge in [-0.05, 0) is 31.5 Å². The Morgan fingerprint density at radius 2 is 2.26 bits per heavy atom. The number of halogens is 1. The van der Waals surface area contributed by atoms with Crippen molar-refractivity contribution in [3.05, 3.63) is 40.5 Å². The minimum Gasteiger partial charge on any atom is -0.462 e. The molecule has 0 aliphatic heterocycles. The monoisotopic (exact) mass is 279 g/mol. The van der Waals surface area contributed by atoms with Crippen molar-refractivity contribution in [1.29, 1.82) is 0 Å². The maximum Gasteiger partial charge on any atom is 0.343 e. The summed E-state index contributed by atoms with van der Waals surface area (Å²) in [6.45, 7) is 3.93. The summed E-state index contributed by atoms with van der Waals surface area (Å²) in [4.78, 5) is 11.6. The largest absolute Gasteiger partial charge is 0.462 e. The number of rotatable bonds is 3. The lowest BCUT2D eigenvalue weighted by Gasteiger charge is -2.07. The molecule has 2 rings (SSSR count). The van der Waals surface area contributed by atoms with Crippen LogP contribution in [0, 0.1) is 6.92 Å². The molecule has 19 heavy (non-hydrogen) atoms. The van der Waals surface area contributed by atoms with Gasteiger partial charge in [-0.1, -0.05) is 17.7 Å². The Morgan fingerprint density at radius 1 is 1.53 bits per heavy atom. The van der Waals surface area contributed by atoms with Crippen LogP contribution >= 0.6 is 11.6 Å². The Bertz CT molecular complexity index is 622. The molecule has 0 aliphatic rings. The van der Waals surface area contributed by atoms with Crippen molar-refractivity contribution in [2.24, 2.45) is 0 Å². The smallest absolute Gasteiger partial charge is 0.343 e. The maximum absolute atomic E-state index is 11.6. The zero-order valence-electron chi connectivity index (χ0n) is 10.7. The number of nitrogens with two attached hydrogens (primary N) is 1. The van der Waals surface area contributed by atoms with Gasteiger partial charge in [-0.25, -0.2) is 9.48 Å². The molecule has 0 spiro atoms. The number of nitrogen functional groups attached to an aromatic ring is 1. The molecule has 0 saturated carbocycles. The van der Waals surface area contributed by atoms with Gasteiger partial charge in [0, 0.05) is 5.02 Å². The van der Waals surface area contributed by atoms with E-state index < -0.39 is 5.97 Å². The highest BCUT2D eigenvalue weighted by Crippen LogP contribution is 2.22. The number of benzene rings is 1. The number of nitrogens with zero attached hydrogens (tertiary/aromatic N) is 2. The second-order valence-corrected chi connectivity index (χ2v) is 4.42. The molecule has 0 saturated heterocycles. The normalized spacial score (nSPS) is 10.5. The topological polar surface area (TPSA) is 70.1 Å². The minimum atomic E-state index is -0.482.